The van der Waals surface area contributed by atoms with E-state index in [0.717, 1.165) is 12.8 Å². The molecule has 0 aliphatic heterocycles. The van der Waals surface area contributed by atoms with Gasteiger partial charge in [0.2, 0.25) is 5.95 Å². The van der Waals surface area contributed by atoms with Crippen LogP contribution in [0.3, 0.4) is 0 Å². The predicted molar refractivity (Wildman–Crippen MR) is 44.7 cm³/mol. The van der Waals surface area contributed by atoms with E-state index < -0.39 is 5.60 Å². The molecule has 1 fully saturated rings. The molecule has 12 heavy (non-hydrogen) atoms. The molecule has 0 aromatic carbocycles. The van der Waals surface area contributed by atoms with Gasteiger partial charge in [-0.15, -0.1) is 0 Å². The Morgan fingerprint density at radius 3 is 2.67 bits per heavy atom. The first-order chi connectivity index (χ1) is 5.79. The van der Waals surface area contributed by atoms with E-state index in [1.54, 1.807) is 18.5 Å². The maximum Gasteiger partial charge on any atom is 0.222 e. The van der Waals surface area contributed by atoms with Crippen molar-refractivity contribution in [1.82, 2.24) is 9.97 Å². The lowest BCUT2D eigenvalue weighted by Crippen LogP contribution is -2.21. The average Bonchev–Trinajstić information content (AvgIpc) is 2.84. The molecule has 1 aromatic rings. The van der Waals surface area contributed by atoms with Gasteiger partial charge < -0.3 is 10.4 Å². The fourth-order valence-corrected chi connectivity index (χ4v) is 0.955. The summed E-state index contributed by atoms with van der Waals surface area (Å²) in [6.07, 6.45) is 5.11. The normalized spacial score (nSPS) is 18.8. The van der Waals surface area contributed by atoms with E-state index in [9.17, 15) is 5.11 Å². The fourth-order valence-electron chi connectivity index (χ4n) is 0.955. The van der Waals surface area contributed by atoms with Crippen LogP contribution >= 0.6 is 0 Å². The molecular weight excluding hydrogens is 154 g/mol. The van der Waals surface area contributed by atoms with Crippen LogP contribution in [0.2, 0.25) is 0 Å². The van der Waals surface area contributed by atoms with Gasteiger partial charge in [-0.3, -0.25) is 0 Å². The Morgan fingerprint density at radius 2 is 2.08 bits per heavy atom. The fraction of sp³-hybridized carbons (Fsp3) is 0.500. The zero-order valence-electron chi connectivity index (χ0n) is 6.70. The molecule has 0 saturated heterocycles. The Labute approximate surface area is 70.7 Å². The van der Waals surface area contributed by atoms with Crippen LogP contribution in [0.1, 0.15) is 12.8 Å². The molecule has 0 unspecified atom stereocenters. The van der Waals surface area contributed by atoms with Crippen molar-refractivity contribution in [3.8, 4) is 0 Å². The molecule has 4 heteroatoms. The van der Waals surface area contributed by atoms with Gasteiger partial charge >= 0.3 is 0 Å². The van der Waals surface area contributed by atoms with Gasteiger partial charge in [-0.05, 0) is 18.9 Å². The molecule has 0 bridgehead atoms. The van der Waals surface area contributed by atoms with E-state index in [1.165, 1.54) is 0 Å². The molecule has 1 aliphatic carbocycles. The van der Waals surface area contributed by atoms with Crippen LogP contribution in [-0.4, -0.2) is 27.2 Å². The van der Waals surface area contributed by atoms with Crippen molar-refractivity contribution in [3.63, 3.8) is 0 Å². The van der Waals surface area contributed by atoms with Gasteiger partial charge in [-0.2, -0.15) is 0 Å². The highest BCUT2D eigenvalue weighted by Crippen LogP contribution is 2.34. The van der Waals surface area contributed by atoms with Crippen molar-refractivity contribution < 1.29 is 5.11 Å². The Balaban J connectivity index is 1.88. The van der Waals surface area contributed by atoms with E-state index in [-0.39, 0.29) is 0 Å². The van der Waals surface area contributed by atoms with Crippen LogP contribution in [-0.2, 0) is 0 Å². The Morgan fingerprint density at radius 1 is 1.42 bits per heavy atom. The van der Waals surface area contributed by atoms with Crippen molar-refractivity contribution in [2.45, 2.75) is 18.4 Å². The number of hydrogen-bond donors (Lipinski definition) is 2. The van der Waals surface area contributed by atoms with Crippen LogP contribution in [0, 0.1) is 0 Å². The first-order valence-corrected chi connectivity index (χ1v) is 4.02. The standard InChI is InChI=1S/C8H11N3O/c12-8(2-3-8)6-11-7-9-4-1-5-10-7/h1,4-5,12H,2-3,6H2,(H,9,10,11). The van der Waals surface area contributed by atoms with E-state index in [1.807, 2.05) is 0 Å². The number of nitrogens with zero attached hydrogens (tertiary/aromatic N) is 2. The average molecular weight is 165 g/mol. The molecule has 0 atom stereocenters. The third-order valence-corrected chi connectivity index (χ3v) is 1.97. The summed E-state index contributed by atoms with van der Waals surface area (Å²) in [5.41, 5.74) is -0.487. The quantitative estimate of drug-likeness (QED) is 0.681. The topological polar surface area (TPSA) is 58.0 Å². The van der Waals surface area contributed by atoms with E-state index >= 15 is 0 Å². The Bertz CT molecular complexity index is 258. The number of rotatable bonds is 3. The third-order valence-electron chi connectivity index (χ3n) is 1.97. The molecule has 4 nitrogen and oxygen atoms in total. The summed E-state index contributed by atoms with van der Waals surface area (Å²) in [6, 6.07) is 1.76. The monoisotopic (exact) mass is 165 g/mol. The molecule has 0 spiro atoms. The smallest absolute Gasteiger partial charge is 0.222 e. The SMILES string of the molecule is OC1(CNc2ncccn2)CC1. The summed E-state index contributed by atoms with van der Waals surface area (Å²) in [6.45, 7) is 0.553. The van der Waals surface area contributed by atoms with Gasteiger partial charge in [-0.25, -0.2) is 9.97 Å². The Hall–Kier alpha value is -1.16. The maximum absolute atomic E-state index is 9.47. The van der Waals surface area contributed by atoms with Gasteiger partial charge in [-0.1, -0.05) is 0 Å². The van der Waals surface area contributed by atoms with E-state index in [2.05, 4.69) is 15.3 Å². The molecule has 2 rings (SSSR count). The molecule has 0 amide bonds. The summed E-state index contributed by atoms with van der Waals surface area (Å²) in [4.78, 5) is 7.95. The zero-order valence-corrected chi connectivity index (χ0v) is 6.70. The molecule has 1 heterocycles. The first kappa shape index (κ1) is 7.49. The number of hydrogen-bond acceptors (Lipinski definition) is 4. The minimum atomic E-state index is -0.487. The van der Waals surface area contributed by atoms with Crippen LogP contribution < -0.4 is 5.32 Å². The minimum absolute atomic E-state index is 0.487. The number of anilines is 1. The lowest BCUT2D eigenvalue weighted by molar-refractivity contribution is 0.164. The van der Waals surface area contributed by atoms with Gasteiger partial charge in [0.05, 0.1) is 5.60 Å². The summed E-state index contributed by atoms with van der Waals surface area (Å²) < 4.78 is 0. The lowest BCUT2D eigenvalue weighted by Gasteiger charge is -2.07. The molecule has 2 N–H and O–H groups in total. The maximum atomic E-state index is 9.47. The summed E-state index contributed by atoms with van der Waals surface area (Å²) >= 11 is 0. The van der Waals surface area contributed by atoms with Crippen LogP contribution in [0.15, 0.2) is 18.5 Å². The first-order valence-electron chi connectivity index (χ1n) is 4.02. The third kappa shape index (κ3) is 1.71. The van der Waals surface area contributed by atoms with Gasteiger partial charge in [0.15, 0.2) is 0 Å². The summed E-state index contributed by atoms with van der Waals surface area (Å²) in [7, 11) is 0. The van der Waals surface area contributed by atoms with Crippen molar-refractivity contribution >= 4 is 5.95 Å². The largest absolute Gasteiger partial charge is 0.388 e. The van der Waals surface area contributed by atoms with Crippen molar-refractivity contribution in [1.29, 1.82) is 0 Å². The molecule has 64 valence electrons. The molecule has 1 aromatic heterocycles. The van der Waals surface area contributed by atoms with Crippen molar-refractivity contribution in [2.24, 2.45) is 0 Å². The zero-order chi connectivity index (χ0) is 8.44. The van der Waals surface area contributed by atoms with E-state index in [0.29, 0.717) is 12.5 Å². The second-order valence-electron chi connectivity index (χ2n) is 3.15. The summed E-state index contributed by atoms with van der Waals surface area (Å²) in [5, 5.41) is 12.4. The van der Waals surface area contributed by atoms with E-state index in [4.69, 9.17) is 0 Å². The number of nitrogens with one attached hydrogen (secondary N) is 1. The highest BCUT2D eigenvalue weighted by atomic mass is 16.3. The summed E-state index contributed by atoms with van der Waals surface area (Å²) in [5.74, 6) is 0.581. The molecule has 1 saturated carbocycles. The predicted octanol–water partition coefficient (Wildman–Crippen LogP) is 0.413. The second kappa shape index (κ2) is 2.71. The molecule has 1 aliphatic rings. The highest BCUT2D eigenvalue weighted by Gasteiger charge is 2.40. The van der Waals surface area contributed by atoms with Crippen LogP contribution in [0.4, 0.5) is 5.95 Å². The van der Waals surface area contributed by atoms with Crippen molar-refractivity contribution in [3.05, 3.63) is 18.5 Å². The molecular formula is C8H11N3O. The number of aromatic nitrogens is 2. The minimum Gasteiger partial charge on any atom is -0.388 e. The molecule has 0 radical (unpaired) electrons. The van der Waals surface area contributed by atoms with Gasteiger partial charge in [0.25, 0.3) is 0 Å². The number of aliphatic hydroxyl groups is 1. The van der Waals surface area contributed by atoms with Crippen molar-refractivity contribution in [2.75, 3.05) is 11.9 Å². The van der Waals surface area contributed by atoms with Gasteiger partial charge in [0, 0.05) is 18.9 Å². The second-order valence-corrected chi connectivity index (χ2v) is 3.15. The highest BCUT2D eigenvalue weighted by molar-refractivity contribution is 5.24. The van der Waals surface area contributed by atoms with Crippen LogP contribution in [0.5, 0.6) is 0 Å². The lowest BCUT2D eigenvalue weighted by atomic mass is 10.3. The van der Waals surface area contributed by atoms with Gasteiger partial charge in [0.1, 0.15) is 0 Å². The Kier molecular flexibility index (Phi) is 1.69. The van der Waals surface area contributed by atoms with Crippen LogP contribution in [0.25, 0.3) is 0 Å².